The standard InChI is InChI=1S/C36H43N5O/c1-35(2,3)32-37-33(36(4,5)6)39-34(38-32)42-31-20-14-13-19-30(31)40(7)25-21-22-29-27(23-25)26-17-11-12-18-28(26)41(29)24-15-9-8-10-16-24/h11-14,17-24H,8-10,15-16H2,1-7H3. The molecule has 0 bridgehead atoms. The van der Waals surface area contributed by atoms with Gasteiger partial charge in [0.15, 0.2) is 5.75 Å². The van der Waals surface area contributed by atoms with Crippen molar-refractivity contribution in [3.8, 4) is 11.8 Å². The third kappa shape index (κ3) is 5.35. The molecule has 6 rings (SSSR count). The Morgan fingerprint density at radius 3 is 2.02 bits per heavy atom. The summed E-state index contributed by atoms with van der Waals surface area (Å²) >= 11 is 0. The summed E-state index contributed by atoms with van der Waals surface area (Å²) in [6, 6.07) is 24.7. The first-order valence-corrected chi connectivity index (χ1v) is 15.3. The molecule has 1 fully saturated rings. The zero-order valence-electron chi connectivity index (χ0n) is 26.1. The quantitative estimate of drug-likeness (QED) is 0.214. The smallest absolute Gasteiger partial charge is 0.325 e. The van der Waals surface area contributed by atoms with Crippen molar-refractivity contribution in [2.45, 2.75) is 90.5 Å². The molecule has 1 saturated carbocycles. The van der Waals surface area contributed by atoms with Crippen LogP contribution in [0.4, 0.5) is 11.4 Å². The SMILES string of the molecule is CN(c1ccc2c(c1)c1ccccc1n2C1CCCCC1)c1ccccc1Oc1nc(C(C)(C)C)nc(C(C)(C)C)n1. The highest BCUT2D eigenvalue weighted by Crippen LogP contribution is 2.41. The van der Waals surface area contributed by atoms with Crippen molar-refractivity contribution in [1.29, 1.82) is 0 Å². The summed E-state index contributed by atoms with van der Waals surface area (Å²) in [6.07, 6.45) is 6.48. The van der Waals surface area contributed by atoms with Crippen LogP contribution in [0.2, 0.25) is 0 Å². The minimum absolute atomic E-state index is 0.233. The molecule has 0 saturated heterocycles. The van der Waals surface area contributed by atoms with Gasteiger partial charge >= 0.3 is 6.01 Å². The second-order valence-electron chi connectivity index (χ2n) is 13.8. The van der Waals surface area contributed by atoms with E-state index in [4.69, 9.17) is 19.7 Å². The number of rotatable bonds is 5. The van der Waals surface area contributed by atoms with E-state index in [1.165, 1.54) is 53.9 Å². The molecule has 1 aliphatic rings. The van der Waals surface area contributed by atoms with Gasteiger partial charge in [-0.2, -0.15) is 9.97 Å². The first kappa shape index (κ1) is 28.2. The lowest BCUT2D eigenvalue weighted by atomic mass is 9.93. The van der Waals surface area contributed by atoms with Gasteiger partial charge in [0.05, 0.1) is 5.69 Å². The molecule has 0 unspecified atom stereocenters. The third-order valence-corrected chi connectivity index (χ3v) is 8.40. The van der Waals surface area contributed by atoms with Gasteiger partial charge in [0, 0.05) is 51.4 Å². The van der Waals surface area contributed by atoms with Gasteiger partial charge in [-0.25, -0.2) is 4.98 Å². The lowest BCUT2D eigenvalue weighted by molar-refractivity contribution is 0.367. The fraction of sp³-hybridized carbons (Fsp3) is 0.417. The number of fused-ring (bicyclic) bond motifs is 3. The van der Waals surface area contributed by atoms with Crippen LogP contribution in [0.1, 0.15) is 91.3 Å². The first-order valence-electron chi connectivity index (χ1n) is 15.3. The van der Waals surface area contributed by atoms with Crippen molar-refractivity contribution in [2.24, 2.45) is 0 Å². The maximum Gasteiger partial charge on any atom is 0.325 e. The zero-order chi connectivity index (χ0) is 29.6. The Hall–Kier alpha value is -3.93. The van der Waals surface area contributed by atoms with E-state index >= 15 is 0 Å². The molecule has 6 heteroatoms. The molecule has 0 radical (unpaired) electrons. The first-order chi connectivity index (χ1) is 20.0. The molecule has 6 nitrogen and oxygen atoms in total. The Morgan fingerprint density at radius 2 is 1.33 bits per heavy atom. The van der Waals surface area contributed by atoms with E-state index in [0.29, 0.717) is 17.8 Å². The van der Waals surface area contributed by atoms with Crippen molar-refractivity contribution < 1.29 is 4.74 Å². The Bertz CT molecular complexity index is 1700. The number of anilines is 2. The topological polar surface area (TPSA) is 56.1 Å². The predicted octanol–water partition coefficient (Wildman–Crippen LogP) is 9.64. The zero-order valence-corrected chi connectivity index (χ0v) is 26.1. The van der Waals surface area contributed by atoms with E-state index in [2.05, 4.69) is 107 Å². The van der Waals surface area contributed by atoms with Crippen LogP contribution < -0.4 is 9.64 Å². The van der Waals surface area contributed by atoms with Gasteiger partial charge in [-0.1, -0.05) is 91.1 Å². The highest BCUT2D eigenvalue weighted by molar-refractivity contribution is 6.09. The molecule has 2 aromatic heterocycles. The van der Waals surface area contributed by atoms with Gasteiger partial charge in [0.1, 0.15) is 11.6 Å². The Balaban J connectivity index is 1.40. The number of ether oxygens (including phenoxy) is 1. The van der Waals surface area contributed by atoms with Crippen LogP contribution in [-0.2, 0) is 10.8 Å². The van der Waals surface area contributed by atoms with Crippen LogP contribution in [0.5, 0.6) is 11.8 Å². The van der Waals surface area contributed by atoms with E-state index in [1.807, 2.05) is 18.2 Å². The molecule has 0 aliphatic heterocycles. The largest absolute Gasteiger partial charge is 0.422 e. The normalized spacial score (nSPS) is 14.9. The summed E-state index contributed by atoms with van der Waals surface area (Å²) in [7, 11) is 2.10. The number of hydrogen-bond donors (Lipinski definition) is 0. The molecule has 42 heavy (non-hydrogen) atoms. The number of hydrogen-bond acceptors (Lipinski definition) is 5. The lowest BCUT2D eigenvalue weighted by Crippen LogP contribution is -2.23. The second kappa shape index (κ2) is 10.7. The van der Waals surface area contributed by atoms with Crippen molar-refractivity contribution >= 4 is 33.2 Å². The molecule has 0 spiro atoms. The monoisotopic (exact) mass is 561 g/mol. The number of para-hydroxylation sites is 3. The third-order valence-electron chi connectivity index (χ3n) is 8.40. The number of aromatic nitrogens is 4. The average Bonchev–Trinajstić information content (AvgIpc) is 3.30. The van der Waals surface area contributed by atoms with Crippen LogP contribution >= 0.6 is 0 Å². The molecule has 218 valence electrons. The molecular weight excluding hydrogens is 518 g/mol. The molecule has 0 N–H and O–H groups in total. The van der Waals surface area contributed by atoms with Gasteiger partial charge in [-0.3, -0.25) is 0 Å². The minimum Gasteiger partial charge on any atom is -0.422 e. The molecule has 3 aromatic carbocycles. The van der Waals surface area contributed by atoms with Crippen LogP contribution in [0.25, 0.3) is 21.8 Å². The van der Waals surface area contributed by atoms with E-state index in [9.17, 15) is 0 Å². The molecule has 1 aliphatic carbocycles. The summed E-state index contributed by atoms with van der Waals surface area (Å²) in [4.78, 5) is 16.5. The van der Waals surface area contributed by atoms with Gasteiger partial charge in [-0.15, -0.1) is 0 Å². The molecule has 0 amide bonds. The fourth-order valence-corrected chi connectivity index (χ4v) is 6.06. The van der Waals surface area contributed by atoms with Crippen LogP contribution in [0.3, 0.4) is 0 Å². The van der Waals surface area contributed by atoms with Gasteiger partial charge in [0.25, 0.3) is 0 Å². The van der Waals surface area contributed by atoms with Crippen LogP contribution in [0, 0.1) is 0 Å². The van der Waals surface area contributed by atoms with Crippen molar-refractivity contribution in [1.82, 2.24) is 19.5 Å². The summed E-state index contributed by atoms with van der Waals surface area (Å²) in [5.41, 5.74) is 4.24. The minimum atomic E-state index is -0.233. The van der Waals surface area contributed by atoms with Gasteiger partial charge < -0.3 is 14.2 Å². The fourth-order valence-electron chi connectivity index (χ4n) is 6.06. The summed E-state index contributed by atoms with van der Waals surface area (Å²) in [5.74, 6) is 2.15. The molecule has 0 atom stereocenters. The van der Waals surface area contributed by atoms with Crippen molar-refractivity contribution in [3.63, 3.8) is 0 Å². The molecule has 5 aromatic rings. The number of benzene rings is 3. The number of nitrogens with zero attached hydrogens (tertiary/aromatic N) is 5. The van der Waals surface area contributed by atoms with Crippen LogP contribution in [-0.4, -0.2) is 26.6 Å². The maximum atomic E-state index is 6.46. The van der Waals surface area contributed by atoms with Crippen molar-refractivity contribution in [3.05, 3.63) is 78.4 Å². The Labute approximate surface area is 249 Å². The highest BCUT2D eigenvalue weighted by Gasteiger charge is 2.26. The predicted molar refractivity (Wildman–Crippen MR) is 173 cm³/mol. The molecular formula is C36H43N5O. The lowest BCUT2D eigenvalue weighted by Gasteiger charge is -2.26. The van der Waals surface area contributed by atoms with Gasteiger partial charge in [-0.05, 0) is 49.2 Å². The van der Waals surface area contributed by atoms with E-state index < -0.39 is 0 Å². The summed E-state index contributed by atoms with van der Waals surface area (Å²) in [6.45, 7) is 12.7. The van der Waals surface area contributed by atoms with E-state index in [-0.39, 0.29) is 10.8 Å². The van der Waals surface area contributed by atoms with Crippen molar-refractivity contribution in [2.75, 3.05) is 11.9 Å². The summed E-state index contributed by atoms with van der Waals surface area (Å²) in [5, 5.41) is 2.61. The Morgan fingerprint density at radius 1 is 0.714 bits per heavy atom. The van der Waals surface area contributed by atoms with E-state index in [1.54, 1.807) is 0 Å². The van der Waals surface area contributed by atoms with E-state index in [0.717, 1.165) is 23.0 Å². The van der Waals surface area contributed by atoms with Crippen LogP contribution in [0.15, 0.2) is 66.7 Å². The average molecular weight is 562 g/mol. The van der Waals surface area contributed by atoms with Gasteiger partial charge in [0.2, 0.25) is 0 Å². The highest BCUT2D eigenvalue weighted by atomic mass is 16.5. The Kier molecular flexibility index (Phi) is 7.20. The second-order valence-corrected chi connectivity index (χ2v) is 13.8. The molecule has 2 heterocycles. The maximum absolute atomic E-state index is 6.46. The summed E-state index contributed by atoms with van der Waals surface area (Å²) < 4.78 is 9.06.